The molecule has 3 nitrogen and oxygen atoms in total. The fourth-order valence-corrected chi connectivity index (χ4v) is 5.16. The van der Waals surface area contributed by atoms with E-state index >= 15 is 0 Å². The minimum Gasteiger partial charge on any atom is -0.366 e. The van der Waals surface area contributed by atoms with Crippen molar-refractivity contribution in [3.63, 3.8) is 0 Å². The van der Waals surface area contributed by atoms with Gasteiger partial charge in [0, 0.05) is 17.6 Å². The van der Waals surface area contributed by atoms with Crippen LogP contribution in [0.15, 0.2) is 18.2 Å². The summed E-state index contributed by atoms with van der Waals surface area (Å²) in [6, 6.07) is 7.49. The summed E-state index contributed by atoms with van der Waals surface area (Å²) in [5.41, 5.74) is 9.13. The van der Waals surface area contributed by atoms with Crippen LogP contribution in [0.25, 0.3) is 0 Å². The highest BCUT2D eigenvalue weighted by Gasteiger charge is 2.50. The van der Waals surface area contributed by atoms with Crippen LogP contribution in [0.1, 0.15) is 61.5 Å². The van der Waals surface area contributed by atoms with E-state index in [0.717, 1.165) is 18.4 Å². The third-order valence-electron chi connectivity index (χ3n) is 7.16. The molecule has 124 valence electrons. The average Bonchev–Trinajstić information content (AvgIpc) is 3.34. The predicted molar refractivity (Wildman–Crippen MR) is 92.5 cm³/mol. The van der Waals surface area contributed by atoms with E-state index in [1.165, 1.54) is 36.9 Å². The topological polar surface area (TPSA) is 46.3 Å². The zero-order valence-corrected chi connectivity index (χ0v) is 14.5. The molecule has 2 bridgehead atoms. The number of rotatable bonds is 3. The number of piperidine rings is 1. The number of nitrogens with two attached hydrogens (primary N) is 1. The van der Waals surface area contributed by atoms with Crippen LogP contribution in [0, 0.1) is 11.8 Å². The highest BCUT2D eigenvalue weighted by atomic mass is 16.1. The van der Waals surface area contributed by atoms with Crippen molar-refractivity contribution in [3.05, 3.63) is 34.9 Å². The largest absolute Gasteiger partial charge is 0.366 e. The fraction of sp³-hybridized carbons (Fsp3) is 0.650. The molecule has 2 N–H and O–H groups in total. The third-order valence-corrected chi connectivity index (χ3v) is 7.16. The number of primary amides is 1. The Hall–Kier alpha value is -1.35. The van der Waals surface area contributed by atoms with E-state index in [9.17, 15) is 4.79 Å². The normalized spacial score (nSPS) is 34.7. The fourth-order valence-electron chi connectivity index (χ4n) is 5.16. The lowest BCUT2D eigenvalue weighted by molar-refractivity contribution is 0.000499. The van der Waals surface area contributed by atoms with Crippen molar-refractivity contribution in [2.45, 2.75) is 64.0 Å². The van der Waals surface area contributed by atoms with Crippen molar-refractivity contribution >= 4 is 5.91 Å². The molecule has 1 heterocycles. The van der Waals surface area contributed by atoms with Crippen LogP contribution in [0.5, 0.6) is 0 Å². The highest BCUT2D eigenvalue weighted by molar-refractivity contribution is 5.93. The molecule has 3 aliphatic rings. The number of carbonyl (C=O) groups excluding carboxylic acids is 1. The SMILES string of the molecule is C[C@H](C1CC1)N1CCC2(C)c3cc(C(N)=O)ccc3CC1[C@@H]2C. The standard InChI is InChI=1S/C20H28N2O/c1-12-18-11-15-6-7-16(19(21)23)10-17(15)20(12,3)8-9-22(18)13(2)14-4-5-14/h6-7,10,12-14,18H,4-5,8-9,11H2,1-3H3,(H2,21,23)/t12-,13+,18?,20?/m0/s1. The van der Waals surface area contributed by atoms with Crippen molar-refractivity contribution in [1.29, 1.82) is 0 Å². The Labute approximate surface area is 139 Å². The van der Waals surface area contributed by atoms with Crippen molar-refractivity contribution in [2.75, 3.05) is 6.54 Å². The lowest BCUT2D eigenvalue weighted by atomic mass is 9.58. The summed E-state index contributed by atoms with van der Waals surface area (Å²) in [4.78, 5) is 14.4. The van der Waals surface area contributed by atoms with E-state index < -0.39 is 0 Å². The van der Waals surface area contributed by atoms with E-state index in [1.54, 1.807) is 0 Å². The van der Waals surface area contributed by atoms with Crippen molar-refractivity contribution in [3.8, 4) is 0 Å². The number of amides is 1. The summed E-state index contributed by atoms with van der Waals surface area (Å²) in [5, 5.41) is 0. The van der Waals surface area contributed by atoms with Gasteiger partial charge in [0.2, 0.25) is 5.91 Å². The summed E-state index contributed by atoms with van der Waals surface area (Å²) >= 11 is 0. The van der Waals surface area contributed by atoms with E-state index in [1.807, 2.05) is 6.07 Å². The summed E-state index contributed by atoms with van der Waals surface area (Å²) in [6.07, 6.45) is 5.11. The third kappa shape index (κ3) is 2.24. The average molecular weight is 312 g/mol. The summed E-state index contributed by atoms with van der Waals surface area (Å²) in [5.74, 6) is 1.23. The van der Waals surface area contributed by atoms with Gasteiger partial charge in [-0.3, -0.25) is 9.69 Å². The lowest BCUT2D eigenvalue weighted by Gasteiger charge is -2.56. The zero-order valence-electron chi connectivity index (χ0n) is 14.5. The number of fused-ring (bicyclic) bond motifs is 4. The van der Waals surface area contributed by atoms with Gasteiger partial charge in [0.05, 0.1) is 0 Å². The molecule has 2 aliphatic carbocycles. The molecule has 1 aliphatic heterocycles. The van der Waals surface area contributed by atoms with Gasteiger partial charge in [-0.15, -0.1) is 0 Å². The Kier molecular flexibility index (Phi) is 3.35. The predicted octanol–water partition coefficient (Wildman–Crippen LogP) is 3.11. The first-order valence-corrected chi connectivity index (χ1v) is 9.11. The van der Waals surface area contributed by atoms with Gasteiger partial charge in [0.25, 0.3) is 0 Å². The Balaban J connectivity index is 1.73. The first-order chi connectivity index (χ1) is 10.9. The molecule has 23 heavy (non-hydrogen) atoms. The number of hydrogen-bond donors (Lipinski definition) is 1. The van der Waals surface area contributed by atoms with E-state index in [4.69, 9.17) is 5.73 Å². The lowest BCUT2D eigenvalue weighted by Crippen LogP contribution is -2.60. The Morgan fingerprint density at radius 3 is 2.78 bits per heavy atom. The van der Waals surface area contributed by atoms with E-state index in [2.05, 4.69) is 37.8 Å². The van der Waals surface area contributed by atoms with Crippen LogP contribution < -0.4 is 5.73 Å². The Morgan fingerprint density at radius 1 is 1.39 bits per heavy atom. The molecule has 0 spiro atoms. The number of nitrogens with zero attached hydrogens (tertiary/aromatic N) is 1. The second-order valence-corrected chi connectivity index (χ2v) is 8.28. The van der Waals surface area contributed by atoms with Crippen LogP contribution in [0.2, 0.25) is 0 Å². The maximum atomic E-state index is 11.6. The number of benzene rings is 1. The van der Waals surface area contributed by atoms with E-state index in [0.29, 0.717) is 17.5 Å². The van der Waals surface area contributed by atoms with Crippen LogP contribution in [-0.2, 0) is 11.8 Å². The summed E-state index contributed by atoms with van der Waals surface area (Å²) in [7, 11) is 0. The quantitative estimate of drug-likeness (QED) is 0.932. The zero-order chi connectivity index (χ0) is 16.4. The molecule has 1 aromatic rings. The van der Waals surface area contributed by atoms with Gasteiger partial charge >= 0.3 is 0 Å². The van der Waals surface area contributed by atoms with Crippen LogP contribution in [-0.4, -0.2) is 29.4 Å². The van der Waals surface area contributed by atoms with E-state index in [-0.39, 0.29) is 11.3 Å². The summed E-state index contributed by atoms with van der Waals surface area (Å²) in [6.45, 7) is 8.42. The minimum atomic E-state index is -0.314. The molecule has 0 radical (unpaired) electrons. The van der Waals surface area contributed by atoms with Gasteiger partial charge in [-0.2, -0.15) is 0 Å². The van der Waals surface area contributed by atoms with Crippen LogP contribution in [0.4, 0.5) is 0 Å². The van der Waals surface area contributed by atoms with Gasteiger partial charge in [0.15, 0.2) is 0 Å². The molecule has 4 rings (SSSR count). The second kappa shape index (κ2) is 5.07. The summed E-state index contributed by atoms with van der Waals surface area (Å²) < 4.78 is 0. The van der Waals surface area contributed by atoms with Crippen molar-refractivity contribution in [1.82, 2.24) is 4.90 Å². The van der Waals surface area contributed by atoms with Gasteiger partial charge in [0.1, 0.15) is 0 Å². The molecule has 1 aromatic carbocycles. The molecule has 0 aromatic heterocycles. The first kappa shape index (κ1) is 15.2. The van der Waals surface area contributed by atoms with Gasteiger partial charge in [-0.25, -0.2) is 0 Å². The molecular formula is C20H28N2O. The monoisotopic (exact) mass is 312 g/mol. The Bertz CT molecular complexity index is 651. The molecule has 4 atom stereocenters. The molecular weight excluding hydrogens is 284 g/mol. The number of likely N-dealkylation sites (tertiary alicyclic amines) is 1. The molecule has 1 amide bonds. The molecule has 1 saturated heterocycles. The maximum Gasteiger partial charge on any atom is 0.248 e. The molecule has 1 saturated carbocycles. The van der Waals surface area contributed by atoms with Crippen molar-refractivity contribution in [2.24, 2.45) is 17.6 Å². The second-order valence-electron chi connectivity index (χ2n) is 8.28. The highest BCUT2D eigenvalue weighted by Crippen LogP contribution is 2.50. The molecule has 3 heteroatoms. The minimum absolute atomic E-state index is 0.170. The number of carbonyl (C=O) groups is 1. The molecule has 2 unspecified atom stereocenters. The smallest absolute Gasteiger partial charge is 0.248 e. The Morgan fingerprint density at radius 2 is 2.13 bits per heavy atom. The van der Waals surface area contributed by atoms with Crippen molar-refractivity contribution < 1.29 is 4.79 Å². The van der Waals surface area contributed by atoms with Gasteiger partial charge in [-0.05, 0) is 79.7 Å². The maximum absolute atomic E-state index is 11.6. The van der Waals surface area contributed by atoms with Gasteiger partial charge < -0.3 is 5.73 Å². The van der Waals surface area contributed by atoms with Crippen LogP contribution in [0.3, 0.4) is 0 Å². The molecule has 2 fully saturated rings. The number of hydrogen-bond acceptors (Lipinski definition) is 2. The first-order valence-electron chi connectivity index (χ1n) is 9.11. The van der Waals surface area contributed by atoms with Crippen LogP contribution >= 0.6 is 0 Å². The van der Waals surface area contributed by atoms with Gasteiger partial charge in [-0.1, -0.05) is 19.9 Å².